The molecule has 7 heteroatoms. The lowest BCUT2D eigenvalue weighted by molar-refractivity contribution is -0.426. The Labute approximate surface area is 213 Å². The molecule has 7 nitrogen and oxygen atoms in total. The molecule has 1 atom stereocenters. The highest BCUT2D eigenvalue weighted by Crippen LogP contribution is 2.29. The number of esters is 1. The minimum Gasteiger partial charge on any atom is -0.456 e. The molecule has 1 aliphatic heterocycles. The van der Waals surface area contributed by atoms with Crippen LogP contribution in [0.25, 0.3) is 6.08 Å². The van der Waals surface area contributed by atoms with Gasteiger partial charge in [-0.3, -0.25) is 14.9 Å². The van der Waals surface area contributed by atoms with Crippen LogP contribution >= 0.6 is 0 Å². The molecule has 0 aromatic heterocycles. The fraction of sp³-hybridized carbons (Fsp3) is 0.448. The predicted molar refractivity (Wildman–Crippen MR) is 140 cm³/mol. The van der Waals surface area contributed by atoms with Gasteiger partial charge in [-0.1, -0.05) is 50.6 Å². The lowest BCUT2D eigenvalue weighted by Gasteiger charge is -2.37. The van der Waals surface area contributed by atoms with E-state index in [0.717, 1.165) is 24.8 Å². The Morgan fingerprint density at radius 3 is 2.44 bits per heavy atom. The molecular weight excluding hydrogens is 456 g/mol. The molecule has 0 bridgehead atoms. The van der Waals surface area contributed by atoms with Crippen molar-refractivity contribution in [3.63, 3.8) is 0 Å². The van der Waals surface area contributed by atoms with Gasteiger partial charge in [0.15, 0.2) is 0 Å². The number of unbranched alkanes of at least 4 members (excludes halogenated alkanes) is 1. The fourth-order valence-electron chi connectivity index (χ4n) is 4.43. The number of benzene rings is 2. The number of carbonyl (C=O) groups is 2. The van der Waals surface area contributed by atoms with Crippen LogP contribution < -0.4 is 0 Å². The lowest BCUT2D eigenvalue weighted by Crippen LogP contribution is -2.44. The van der Waals surface area contributed by atoms with Crippen LogP contribution in [-0.4, -0.2) is 33.3 Å². The number of nitrogens with zero attached hydrogens (tertiary/aromatic N) is 2. The van der Waals surface area contributed by atoms with Crippen molar-refractivity contribution in [1.82, 2.24) is 4.90 Å². The molecule has 0 fully saturated rings. The highest BCUT2D eigenvalue weighted by atomic mass is 16.6. The third kappa shape index (κ3) is 6.59. The zero-order valence-electron chi connectivity index (χ0n) is 21.9. The van der Waals surface area contributed by atoms with Crippen molar-refractivity contribution < 1.29 is 19.2 Å². The quantitative estimate of drug-likeness (QED) is 0.241. The van der Waals surface area contributed by atoms with E-state index in [4.69, 9.17) is 4.74 Å². The summed E-state index contributed by atoms with van der Waals surface area (Å²) in [5.74, 6) is -0.783. The Morgan fingerprint density at radius 2 is 1.83 bits per heavy atom. The molecule has 0 radical (unpaired) electrons. The number of amides is 1. The molecule has 0 unspecified atom stereocenters. The largest absolute Gasteiger partial charge is 0.456 e. The number of hydrogen-bond donors (Lipinski definition) is 0. The molecule has 3 rings (SSSR count). The third-order valence-electron chi connectivity index (χ3n) is 6.35. The van der Waals surface area contributed by atoms with E-state index in [1.807, 2.05) is 36.9 Å². The van der Waals surface area contributed by atoms with Crippen LogP contribution in [0.3, 0.4) is 0 Å². The first-order valence-corrected chi connectivity index (χ1v) is 12.6. The Bertz CT molecular complexity index is 1160. The number of carbonyl (C=O) groups excluding carboxylic acids is 2. The summed E-state index contributed by atoms with van der Waals surface area (Å²) in [4.78, 5) is 40.0. The van der Waals surface area contributed by atoms with Crippen molar-refractivity contribution in [1.29, 1.82) is 0 Å². The molecule has 0 saturated carbocycles. The summed E-state index contributed by atoms with van der Waals surface area (Å²) in [5, 5.41) is 11.7. The van der Waals surface area contributed by atoms with Gasteiger partial charge in [-0.2, -0.15) is 0 Å². The van der Waals surface area contributed by atoms with Gasteiger partial charge in [0.2, 0.25) is 5.70 Å². The van der Waals surface area contributed by atoms with Crippen molar-refractivity contribution >= 4 is 18.0 Å². The summed E-state index contributed by atoms with van der Waals surface area (Å²) in [6.45, 7) is 9.81. The van der Waals surface area contributed by atoms with Gasteiger partial charge in [0.25, 0.3) is 5.91 Å². The molecule has 0 N–H and O–H groups in total. The highest BCUT2D eigenvalue weighted by molar-refractivity contribution is 6.01. The maximum atomic E-state index is 14.0. The van der Waals surface area contributed by atoms with Crippen molar-refractivity contribution in [3.05, 3.63) is 86.1 Å². The summed E-state index contributed by atoms with van der Waals surface area (Å²) in [5.41, 5.74) is 2.62. The van der Waals surface area contributed by atoms with Gasteiger partial charge in [0, 0.05) is 30.6 Å². The van der Waals surface area contributed by atoms with E-state index in [-0.39, 0.29) is 28.8 Å². The number of nitro groups is 1. The van der Waals surface area contributed by atoms with Crippen LogP contribution in [0.4, 0.5) is 0 Å². The fourth-order valence-corrected chi connectivity index (χ4v) is 4.43. The van der Waals surface area contributed by atoms with Gasteiger partial charge in [0.1, 0.15) is 5.60 Å². The average molecular weight is 493 g/mol. The summed E-state index contributed by atoms with van der Waals surface area (Å²) < 4.78 is 5.52. The molecule has 0 saturated heterocycles. The monoisotopic (exact) mass is 492 g/mol. The first-order chi connectivity index (χ1) is 17.0. The third-order valence-corrected chi connectivity index (χ3v) is 6.35. The zero-order valence-corrected chi connectivity index (χ0v) is 21.9. The number of allylic oxidation sites excluding steroid dienone is 1. The normalized spacial score (nSPS) is 15.9. The number of fused-ring (bicyclic) bond motifs is 1. The first kappa shape index (κ1) is 27.1. The van der Waals surface area contributed by atoms with E-state index in [0.29, 0.717) is 24.9 Å². The first-order valence-electron chi connectivity index (χ1n) is 12.6. The second-order valence-corrected chi connectivity index (χ2v) is 10.3. The average Bonchev–Trinajstić information content (AvgIpc) is 2.84. The topological polar surface area (TPSA) is 89.8 Å². The van der Waals surface area contributed by atoms with Gasteiger partial charge in [-0.15, -0.1) is 0 Å². The smallest absolute Gasteiger partial charge is 0.338 e. The van der Waals surface area contributed by atoms with Crippen LogP contribution in [0, 0.1) is 10.1 Å². The molecule has 36 heavy (non-hydrogen) atoms. The van der Waals surface area contributed by atoms with Crippen molar-refractivity contribution in [2.45, 2.75) is 84.9 Å². The zero-order chi connectivity index (χ0) is 26.5. The van der Waals surface area contributed by atoms with E-state index in [1.165, 1.54) is 17.7 Å². The summed E-state index contributed by atoms with van der Waals surface area (Å²) in [6, 6.07) is 12.8. The van der Waals surface area contributed by atoms with E-state index in [1.54, 1.807) is 32.9 Å². The summed E-state index contributed by atoms with van der Waals surface area (Å²) in [7, 11) is 0. The standard InChI is InChI=1S/C29H36N2O5/c1-6-8-13-25(31(34)35)17-21-14-15-22(28(33)36-29(3,4)5)18-26(21)27(32)30-19-23-12-10-9-11-20(23)16-24(30)7-2/h9-12,14-15,17-18,24H,6-8,13,16,19H2,1-5H3/b25-17+/t24-/m1/s1. The summed E-state index contributed by atoms with van der Waals surface area (Å²) in [6.07, 6.45) is 4.78. The SMILES string of the molecule is CCCC/C(=C\c1ccc(C(=O)OC(C)(C)C)cc1C(=O)N1Cc2ccccc2C[C@H]1CC)[N+](=O)[O-]. The van der Waals surface area contributed by atoms with Crippen molar-refractivity contribution in [3.8, 4) is 0 Å². The Balaban J connectivity index is 2.08. The number of rotatable bonds is 8. The highest BCUT2D eigenvalue weighted by Gasteiger charge is 2.31. The van der Waals surface area contributed by atoms with Crippen LogP contribution in [0.1, 0.15) is 97.7 Å². The van der Waals surface area contributed by atoms with E-state index in [2.05, 4.69) is 6.07 Å². The minimum absolute atomic E-state index is 0.00973. The van der Waals surface area contributed by atoms with E-state index in [9.17, 15) is 19.7 Å². The summed E-state index contributed by atoms with van der Waals surface area (Å²) >= 11 is 0. The van der Waals surface area contributed by atoms with Crippen molar-refractivity contribution in [2.75, 3.05) is 0 Å². The second-order valence-electron chi connectivity index (χ2n) is 10.3. The predicted octanol–water partition coefficient (Wildman–Crippen LogP) is 6.43. The number of ether oxygens (including phenoxy) is 1. The minimum atomic E-state index is -0.692. The lowest BCUT2D eigenvalue weighted by atomic mass is 9.91. The van der Waals surface area contributed by atoms with Gasteiger partial charge in [-0.05, 0) is 68.9 Å². The Kier molecular flexibility index (Phi) is 8.66. The molecule has 0 aliphatic carbocycles. The van der Waals surface area contributed by atoms with E-state index >= 15 is 0 Å². The second kappa shape index (κ2) is 11.5. The van der Waals surface area contributed by atoms with Crippen LogP contribution in [0.5, 0.6) is 0 Å². The molecule has 2 aromatic carbocycles. The molecule has 2 aromatic rings. The molecular formula is C29H36N2O5. The Morgan fingerprint density at radius 1 is 1.14 bits per heavy atom. The molecule has 192 valence electrons. The van der Waals surface area contributed by atoms with Crippen LogP contribution in [0.15, 0.2) is 48.2 Å². The van der Waals surface area contributed by atoms with Gasteiger partial charge in [-0.25, -0.2) is 4.79 Å². The maximum Gasteiger partial charge on any atom is 0.338 e. The van der Waals surface area contributed by atoms with Gasteiger partial charge < -0.3 is 9.64 Å². The van der Waals surface area contributed by atoms with Crippen molar-refractivity contribution in [2.24, 2.45) is 0 Å². The molecule has 0 spiro atoms. The van der Waals surface area contributed by atoms with Crippen LogP contribution in [-0.2, 0) is 17.7 Å². The van der Waals surface area contributed by atoms with Crippen LogP contribution in [0.2, 0.25) is 0 Å². The van der Waals surface area contributed by atoms with E-state index < -0.39 is 16.5 Å². The molecule has 1 heterocycles. The number of hydrogen-bond acceptors (Lipinski definition) is 5. The maximum absolute atomic E-state index is 14.0. The Hall–Kier alpha value is -3.48. The molecule has 1 amide bonds. The van der Waals surface area contributed by atoms with Gasteiger partial charge >= 0.3 is 5.97 Å². The molecule has 1 aliphatic rings. The van der Waals surface area contributed by atoms with Gasteiger partial charge in [0.05, 0.1) is 10.5 Å².